The molecule has 0 saturated heterocycles. The number of amides is 1. The zero-order valence-electron chi connectivity index (χ0n) is 16.8. The predicted molar refractivity (Wildman–Crippen MR) is 114 cm³/mol. The van der Waals surface area contributed by atoms with Gasteiger partial charge in [-0.3, -0.25) is 4.79 Å². The summed E-state index contributed by atoms with van der Waals surface area (Å²) in [6.45, 7) is 6.35. The molecule has 1 heterocycles. The molecule has 1 aliphatic rings. The number of aromatic nitrogens is 2. The van der Waals surface area contributed by atoms with E-state index in [4.69, 9.17) is 0 Å². The summed E-state index contributed by atoms with van der Waals surface area (Å²) in [4.78, 5) is 19.2. The number of hydrogen-bond acceptors (Lipinski definition) is 2. The fourth-order valence-corrected chi connectivity index (χ4v) is 3.37. The van der Waals surface area contributed by atoms with Gasteiger partial charge in [-0.25, -0.2) is 4.98 Å². The smallest absolute Gasteiger partial charge is 0.254 e. The van der Waals surface area contributed by atoms with Gasteiger partial charge in [-0.1, -0.05) is 47.6 Å². The van der Waals surface area contributed by atoms with Crippen molar-refractivity contribution >= 4 is 5.91 Å². The Bertz CT molecular complexity index is 858. The number of nitrogens with zero attached hydrogens (tertiary/aromatic N) is 3. The molecular weight excluding hydrogens is 346 g/mol. The van der Waals surface area contributed by atoms with Crippen LogP contribution in [-0.2, 0) is 6.54 Å². The van der Waals surface area contributed by atoms with Gasteiger partial charge in [0.05, 0.1) is 6.33 Å². The Balaban J connectivity index is 1.69. The molecule has 1 aromatic heterocycles. The van der Waals surface area contributed by atoms with Crippen molar-refractivity contribution < 1.29 is 4.79 Å². The molecule has 1 aromatic carbocycles. The topological polar surface area (TPSA) is 38.1 Å². The quantitative estimate of drug-likeness (QED) is 0.655. The summed E-state index contributed by atoms with van der Waals surface area (Å²) >= 11 is 0. The van der Waals surface area contributed by atoms with Crippen molar-refractivity contribution in [2.45, 2.75) is 39.7 Å². The van der Waals surface area contributed by atoms with E-state index in [2.05, 4.69) is 40.8 Å². The van der Waals surface area contributed by atoms with Gasteiger partial charge < -0.3 is 9.47 Å². The summed E-state index contributed by atoms with van der Waals surface area (Å²) in [7, 11) is 0. The van der Waals surface area contributed by atoms with Crippen LogP contribution in [0.3, 0.4) is 0 Å². The highest BCUT2D eigenvalue weighted by Gasteiger charge is 2.16. The molecule has 3 rings (SSSR count). The zero-order valence-corrected chi connectivity index (χ0v) is 16.8. The van der Waals surface area contributed by atoms with Crippen LogP contribution in [-0.4, -0.2) is 33.4 Å². The van der Waals surface area contributed by atoms with Gasteiger partial charge in [0.25, 0.3) is 5.91 Å². The molecule has 28 heavy (non-hydrogen) atoms. The van der Waals surface area contributed by atoms with Crippen LogP contribution < -0.4 is 0 Å². The molecule has 0 fully saturated rings. The van der Waals surface area contributed by atoms with Gasteiger partial charge in [0.2, 0.25) is 0 Å². The van der Waals surface area contributed by atoms with E-state index in [0.717, 1.165) is 36.9 Å². The van der Waals surface area contributed by atoms with Crippen molar-refractivity contribution in [3.05, 3.63) is 89.6 Å². The second-order valence-electron chi connectivity index (χ2n) is 7.42. The first-order valence-corrected chi connectivity index (χ1v) is 9.97. The summed E-state index contributed by atoms with van der Waals surface area (Å²) in [5, 5.41) is 0. The number of allylic oxidation sites excluding steroid dienone is 5. The zero-order chi connectivity index (χ0) is 19.8. The number of carbonyl (C=O) groups excluding carboxylic acids is 1. The van der Waals surface area contributed by atoms with Crippen molar-refractivity contribution in [3.63, 3.8) is 0 Å². The molecule has 0 radical (unpaired) electrons. The van der Waals surface area contributed by atoms with Crippen molar-refractivity contribution in [1.29, 1.82) is 0 Å². The van der Waals surface area contributed by atoms with Gasteiger partial charge in [-0.15, -0.1) is 0 Å². The average molecular weight is 376 g/mol. The Hall–Kier alpha value is -2.88. The van der Waals surface area contributed by atoms with E-state index < -0.39 is 0 Å². The maximum Gasteiger partial charge on any atom is 0.254 e. The Morgan fingerprint density at radius 3 is 2.75 bits per heavy atom. The molecule has 0 atom stereocenters. The molecule has 4 nitrogen and oxygen atoms in total. The molecule has 146 valence electrons. The minimum absolute atomic E-state index is 0.0894. The van der Waals surface area contributed by atoms with E-state index in [1.54, 1.807) is 6.20 Å². The molecule has 1 aliphatic carbocycles. The lowest BCUT2D eigenvalue weighted by molar-refractivity contribution is 0.0766. The van der Waals surface area contributed by atoms with E-state index in [-0.39, 0.29) is 5.91 Å². The van der Waals surface area contributed by atoms with E-state index in [1.807, 2.05) is 48.6 Å². The number of aryl methyl sites for hydroxylation is 2. The third-order valence-corrected chi connectivity index (χ3v) is 4.87. The lowest BCUT2D eigenvalue weighted by atomic mass is 10.0. The monoisotopic (exact) mass is 375 g/mol. The maximum absolute atomic E-state index is 13.1. The summed E-state index contributed by atoms with van der Waals surface area (Å²) in [5.41, 5.74) is 4.35. The van der Waals surface area contributed by atoms with Crippen molar-refractivity contribution in [2.75, 3.05) is 13.1 Å². The molecule has 0 unspecified atom stereocenters. The number of imidazole rings is 1. The van der Waals surface area contributed by atoms with Crippen LogP contribution in [0.5, 0.6) is 0 Å². The van der Waals surface area contributed by atoms with Gasteiger partial charge in [-0.05, 0) is 50.8 Å². The van der Waals surface area contributed by atoms with Crippen LogP contribution in [0, 0.1) is 6.92 Å². The average Bonchev–Trinajstić information content (AvgIpc) is 3.21. The summed E-state index contributed by atoms with van der Waals surface area (Å²) < 4.78 is 2.05. The molecule has 0 saturated carbocycles. The second-order valence-corrected chi connectivity index (χ2v) is 7.42. The first-order valence-electron chi connectivity index (χ1n) is 9.97. The molecule has 0 aliphatic heterocycles. The Morgan fingerprint density at radius 1 is 1.25 bits per heavy atom. The standard InChI is InChI=1S/C24H29N3O/c1-20-9-11-23(12-10-20)24(28)27(15-6-14-26-16-13-25-19-26)18-21(2)17-22-7-4-3-5-8-22/h4,7-13,16-17,19H,3,5-6,14-15,18H2,1-2H3/b21-17+. The highest BCUT2D eigenvalue weighted by atomic mass is 16.2. The van der Waals surface area contributed by atoms with Gasteiger partial charge in [-0.2, -0.15) is 0 Å². The maximum atomic E-state index is 13.1. The van der Waals surface area contributed by atoms with Crippen LogP contribution >= 0.6 is 0 Å². The van der Waals surface area contributed by atoms with E-state index >= 15 is 0 Å². The molecular formula is C24H29N3O. The highest BCUT2D eigenvalue weighted by molar-refractivity contribution is 5.94. The summed E-state index contributed by atoms with van der Waals surface area (Å²) in [5.74, 6) is 0.0894. The van der Waals surface area contributed by atoms with Gasteiger partial charge in [0.1, 0.15) is 0 Å². The molecule has 2 aromatic rings. The summed E-state index contributed by atoms with van der Waals surface area (Å²) in [6.07, 6.45) is 17.5. The predicted octanol–water partition coefficient (Wildman–Crippen LogP) is 4.95. The van der Waals surface area contributed by atoms with Gasteiger partial charge >= 0.3 is 0 Å². The number of hydrogen-bond donors (Lipinski definition) is 0. The number of benzene rings is 1. The van der Waals surface area contributed by atoms with Crippen molar-refractivity contribution in [1.82, 2.24) is 14.5 Å². The van der Waals surface area contributed by atoms with E-state index in [0.29, 0.717) is 13.1 Å². The van der Waals surface area contributed by atoms with Crippen LogP contribution in [0.4, 0.5) is 0 Å². The van der Waals surface area contributed by atoms with Crippen LogP contribution in [0.25, 0.3) is 0 Å². The minimum atomic E-state index is 0.0894. The van der Waals surface area contributed by atoms with Gasteiger partial charge in [0.15, 0.2) is 0 Å². The van der Waals surface area contributed by atoms with Crippen LogP contribution in [0.15, 0.2) is 78.4 Å². The second kappa shape index (κ2) is 9.88. The SMILES string of the molecule is C/C(=C\C1=CCCC=C1)CN(CCCn1ccnc1)C(=O)c1ccc(C)cc1. The third kappa shape index (κ3) is 5.81. The lowest BCUT2D eigenvalue weighted by Crippen LogP contribution is -2.34. The number of carbonyl (C=O) groups is 1. The van der Waals surface area contributed by atoms with E-state index in [9.17, 15) is 4.79 Å². The fourth-order valence-electron chi connectivity index (χ4n) is 3.37. The first kappa shape index (κ1) is 19.9. The third-order valence-electron chi connectivity index (χ3n) is 4.87. The largest absolute Gasteiger partial charge is 0.337 e. The normalized spacial score (nSPS) is 14.1. The van der Waals surface area contributed by atoms with Crippen molar-refractivity contribution in [3.8, 4) is 0 Å². The molecule has 0 spiro atoms. The minimum Gasteiger partial charge on any atom is -0.337 e. The first-order chi connectivity index (χ1) is 13.6. The fraction of sp³-hybridized carbons (Fsp3) is 0.333. The summed E-state index contributed by atoms with van der Waals surface area (Å²) in [6, 6.07) is 7.84. The van der Waals surface area contributed by atoms with Gasteiger partial charge in [0, 0.05) is 37.6 Å². The van der Waals surface area contributed by atoms with Crippen LogP contribution in [0.1, 0.15) is 42.1 Å². The van der Waals surface area contributed by atoms with E-state index in [1.165, 1.54) is 11.1 Å². The highest BCUT2D eigenvalue weighted by Crippen LogP contribution is 2.15. The van der Waals surface area contributed by atoms with Crippen molar-refractivity contribution in [2.24, 2.45) is 0 Å². The Morgan fingerprint density at radius 2 is 2.07 bits per heavy atom. The molecule has 4 heteroatoms. The Kier molecular flexibility index (Phi) is 7.01. The molecule has 0 N–H and O–H groups in total. The molecule has 0 bridgehead atoms. The lowest BCUT2D eigenvalue weighted by Gasteiger charge is -2.24. The Labute approximate surface area is 167 Å². The molecule has 1 amide bonds. The van der Waals surface area contributed by atoms with Crippen LogP contribution in [0.2, 0.25) is 0 Å². The number of rotatable bonds is 8.